The summed E-state index contributed by atoms with van der Waals surface area (Å²) >= 11 is 0. The molecule has 2 aromatic heterocycles. The first-order chi connectivity index (χ1) is 9.70. The van der Waals surface area contributed by atoms with Gasteiger partial charge in [0.2, 0.25) is 0 Å². The monoisotopic (exact) mass is 289 g/mol. The van der Waals surface area contributed by atoms with Crippen molar-refractivity contribution in [2.75, 3.05) is 0 Å². The third-order valence-corrected chi connectivity index (χ3v) is 3.93. The maximum absolute atomic E-state index is 4.48. The van der Waals surface area contributed by atoms with Gasteiger partial charge in [0.05, 0.1) is 17.4 Å². The van der Waals surface area contributed by atoms with Crippen LogP contribution in [0.2, 0.25) is 0 Å². The van der Waals surface area contributed by atoms with E-state index in [0.29, 0.717) is 0 Å². The van der Waals surface area contributed by atoms with Crippen molar-refractivity contribution in [1.82, 2.24) is 24.9 Å². The van der Waals surface area contributed by atoms with Gasteiger partial charge in [0, 0.05) is 42.7 Å². The lowest BCUT2D eigenvalue weighted by molar-refractivity contribution is 0.355. The van der Waals surface area contributed by atoms with Gasteiger partial charge in [-0.1, -0.05) is 0 Å². The lowest BCUT2D eigenvalue weighted by Gasteiger charge is -2.19. The highest BCUT2D eigenvalue weighted by atomic mass is 15.3. The van der Waals surface area contributed by atoms with E-state index in [-0.39, 0.29) is 11.6 Å². The molecule has 0 saturated heterocycles. The lowest BCUT2D eigenvalue weighted by Crippen LogP contribution is -2.22. The molecule has 5 heteroatoms. The number of aromatic nitrogens is 4. The fourth-order valence-electron chi connectivity index (χ4n) is 2.61. The molecule has 1 unspecified atom stereocenters. The topological polar surface area (TPSA) is 47.7 Å². The molecule has 1 N–H and O–H groups in total. The van der Waals surface area contributed by atoms with Crippen LogP contribution in [0.4, 0.5) is 0 Å². The van der Waals surface area contributed by atoms with E-state index in [9.17, 15) is 0 Å². The number of hydrogen-bond acceptors (Lipinski definition) is 3. The number of nitrogens with zero attached hydrogens (tertiary/aromatic N) is 4. The van der Waals surface area contributed by atoms with Gasteiger partial charge in [-0.2, -0.15) is 10.2 Å². The van der Waals surface area contributed by atoms with E-state index < -0.39 is 0 Å². The second kappa shape index (κ2) is 5.64. The SMILES string of the molecule is Cc1nn(C)c(C)c1C(C)NCc1cnn(C(C)(C)C)c1. The average Bonchev–Trinajstić information content (AvgIpc) is 2.93. The molecule has 0 aliphatic heterocycles. The predicted octanol–water partition coefficient (Wildman–Crippen LogP) is 2.84. The van der Waals surface area contributed by atoms with Gasteiger partial charge >= 0.3 is 0 Å². The normalized spacial score (nSPS) is 13.7. The number of nitrogens with one attached hydrogen (secondary N) is 1. The third kappa shape index (κ3) is 3.35. The summed E-state index contributed by atoms with van der Waals surface area (Å²) in [5.74, 6) is 0. The second-order valence-corrected chi connectivity index (χ2v) is 6.77. The number of hydrogen-bond donors (Lipinski definition) is 1. The van der Waals surface area contributed by atoms with Gasteiger partial charge in [0.1, 0.15) is 0 Å². The van der Waals surface area contributed by atoms with Crippen molar-refractivity contribution in [2.45, 2.75) is 59.7 Å². The van der Waals surface area contributed by atoms with Gasteiger partial charge in [-0.25, -0.2) is 0 Å². The zero-order chi connectivity index (χ0) is 15.8. The van der Waals surface area contributed by atoms with Crippen molar-refractivity contribution >= 4 is 0 Å². The van der Waals surface area contributed by atoms with Crippen LogP contribution < -0.4 is 5.32 Å². The molecule has 116 valence electrons. The standard InChI is InChI=1S/C16H27N5/c1-11(15-12(2)19-20(7)13(15)3)17-8-14-9-18-21(10-14)16(4,5)6/h9-11,17H,8H2,1-7H3. The Kier molecular flexibility index (Phi) is 4.23. The van der Waals surface area contributed by atoms with Crippen molar-refractivity contribution in [3.05, 3.63) is 34.9 Å². The van der Waals surface area contributed by atoms with Gasteiger partial charge in [0.25, 0.3) is 0 Å². The first-order valence-corrected chi connectivity index (χ1v) is 7.47. The van der Waals surface area contributed by atoms with Crippen LogP contribution in [0.1, 0.15) is 56.3 Å². The minimum Gasteiger partial charge on any atom is -0.306 e. The molecular weight excluding hydrogens is 262 g/mol. The molecule has 1 atom stereocenters. The Morgan fingerprint density at radius 3 is 2.43 bits per heavy atom. The van der Waals surface area contributed by atoms with E-state index in [1.165, 1.54) is 16.8 Å². The number of rotatable bonds is 4. The molecule has 0 aliphatic rings. The quantitative estimate of drug-likeness (QED) is 0.941. The van der Waals surface area contributed by atoms with E-state index in [1.807, 2.05) is 22.6 Å². The van der Waals surface area contributed by atoms with Crippen molar-refractivity contribution in [2.24, 2.45) is 7.05 Å². The highest BCUT2D eigenvalue weighted by molar-refractivity contribution is 5.27. The van der Waals surface area contributed by atoms with Crippen molar-refractivity contribution in [3.63, 3.8) is 0 Å². The van der Waals surface area contributed by atoms with Gasteiger partial charge in [-0.05, 0) is 41.5 Å². The summed E-state index contributed by atoms with van der Waals surface area (Å²) in [5.41, 5.74) is 4.84. The molecular formula is C16H27N5. The zero-order valence-corrected chi connectivity index (χ0v) is 14.2. The van der Waals surface area contributed by atoms with Crippen LogP contribution in [-0.4, -0.2) is 19.6 Å². The Morgan fingerprint density at radius 1 is 1.29 bits per heavy atom. The molecule has 21 heavy (non-hydrogen) atoms. The van der Waals surface area contributed by atoms with Crippen LogP contribution >= 0.6 is 0 Å². The van der Waals surface area contributed by atoms with E-state index >= 15 is 0 Å². The van der Waals surface area contributed by atoms with Gasteiger partial charge < -0.3 is 5.32 Å². The minimum absolute atomic E-state index is 0.0282. The molecule has 5 nitrogen and oxygen atoms in total. The van der Waals surface area contributed by atoms with Gasteiger partial charge in [-0.3, -0.25) is 9.36 Å². The highest BCUT2D eigenvalue weighted by Crippen LogP contribution is 2.21. The van der Waals surface area contributed by atoms with Crippen LogP contribution in [0, 0.1) is 13.8 Å². The second-order valence-electron chi connectivity index (χ2n) is 6.77. The van der Waals surface area contributed by atoms with Crippen LogP contribution in [0.15, 0.2) is 12.4 Å². The van der Waals surface area contributed by atoms with Crippen LogP contribution in [0.3, 0.4) is 0 Å². The summed E-state index contributed by atoms with van der Waals surface area (Å²) in [4.78, 5) is 0. The molecule has 0 amide bonds. The zero-order valence-electron chi connectivity index (χ0n) is 14.2. The maximum atomic E-state index is 4.48. The summed E-state index contributed by atoms with van der Waals surface area (Å²) in [6, 6.07) is 0.275. The Hall–Kier alpha value is -1.62. The molecule has 2 heterocycles. The fourth-order valence-corrected chi connectivity index (χ4v) is 2.61. The Labute approximate surface area is 127 Å². The molecule has 2 aromatic rings. The molecule has 0 aromatic carbocycles. The summed E-state index contributed by atoms with van der Waals surface area (Å²) < 4.78 is 3.95. The Balaban J connectivity index is 2.04. The third-order valence-electron chi connectivity index (χ3n) is 3.93. The predicted molar refractivity (Wildman–Crippen MR) is 85.2 cm³/mol. The van der Waals surface area contributed by atoms with Gasteiger partial charge in [-0.15, -0.1) is 0 Å². The summed E-state index contributed by atoms with van der Waals surface area (Å²) in [7, 11) is 1.99. The van der Waals surface area contributed by atoms with Crippen LogP contribution in [-0.2, 0) is 19.1 Å². The van der Waals surface area contributed by atoms with Crippen LogP contribution in [0.5, 0.6) is 0 Å². The molecule has 0 fully saturated rings. The molecule has 2 rings (SSSR count). The van der Waals surface area contributed by atoms with E-state index in [0.717, 1.165) is 12.2 Å². The molecule has 0 spiro atoms. The molecule has 0 aliphatic carbocycles. The van der Waals surface area contributed by atoms with Gasteiger partial charge in [0.15, 0.2) is 0 Å². The maximum Gasteiger partial charge on any atom is 0.0644 e. The van der Waals surface area contributed by atoms with E-state index in [1.54, 1.807) is 0 Å². The minimum atomic E-state index is 0.0282. The Bertz CT molecular complexity index is 615. The van der Waals surface area contributed by atoms with Crippen LogP contribution in [0.25, 0.3) is 0 Å². The van der Waals surface area contributed by atoms with Crippen molar-refractivity contribution in [3.8, 4) is 0 Å². The van der Waals surface area contributed by atoms with Crippen molar-refractivity contribution < 1.29 is 0 Å². The smallest absolute Gasteiger partial charge is 0.0644 e. The molecule has 0 bridgehead atoms. The summed E-state index contributed by atoms with van der Waals surface area (Å²) in [5, 5.41) is 12.5. The summed E-state index contributed by atoms with van der Waals surface area (Å²) in [6.07, 6.45) is 4.05. The molecule has 0 saturated carbocycles. The first kappa shape index (κ1) is 15.8. The lowest BCUT2D eigenvalue weighted by atomic mass is 10.1. The van der Waals surface area contributed by atoms with Crippen molar-refractivity contribution in [1.29, 1.82) is 0 Å². The first-order valence-electron chi connectivity index (χ1n) is 7.47. The number of aryl methyl sites for hydroxylation is 2. The Morgan fingerprint density at radius 2 is 1.95 bits per heavy atom. The molecule has 0 radical (unpaired) electrons. The highest BCUT2D eigenvalue weighted by Gasteiger charge is 2.17. The van der Waals surface area contributed by atoms with E-state index in [2.05, 4.69) is 63.3 Å². The van der Waals surface area contributed by atoms with E-state index in [4.69, 9.17) is 0 Å². The average molecular weight is 289 g/mol. The fraction of sp³-hybridized carbons (Fsp3) is 0.625. The summed E-state index contributed by atoms with van der Waals surface area (Å²) in [6.45, 7) is 13.6. The largest absolute Gasteiger partial charge is 0.306 e.